The summed E-state index contributed by atoms with van der Waals surface area (Å²) in [5, 5.41) is 9.31. The number of nitrogens with zero attached hydrogens (tertiary/aromatic N) is 5. The minimum atomic E-state index is -0.668. The molecule has 1 aliphatic heterocycles. The van der Waals surface area contributed by atoms with Crippen LogP contribution in [0.4, 0.5) is 5.82 Å². The van der Waals surface area contributed by atoms with E-state index < -0.39 is 5.97 Å². The standard InChI is InChI=1S/C19H21N5O4/c1-12-18(23-15(10-20)17(22-12)19(25)27-3)24-8-6-13(7-9-24)28-14-4-5-16(26-2)21-11-14/h4-5,11,13H,6-9H2,1-3H3. The van der Waals surface area contributed by atoms with Gasteiger partial charge < -0.3 is 19.1 Å². The van der Waals surface area contributed by atoms with E-state index in [1.54, 1.807) is 26.3 Å². The molecule has 9 heteroatoms. The minimum absolute atomic E-state index is 0.0323. The van der Waals surface area contributed by atoms with Crippen molar-refractivity contribution in [2.45, 2.75) is 25.9 Å². The van der Waals surface area contributed by atoms with Crippen LogP contribution in [0, 0.1) is 18.3 Å². The Labute approximate surface area is 162 Å². The lowest BCUT2D eigenvalue weighted by atomic mass is 10.1. The van der Waals surface area contributed by atoms with Gasteiger partial charge in [-0.2, -0.15) is 5.26 Å². The number of pyridine rings is 1. The van der Waals surface area contributed by atoms with Gasteiger partial charge in [0.2, 0.25) is 5.88 Å². The molecule has 0 aliphatic carbocycles. The lowest BCUT2D eigenvalue weighted by Gasteiger charge is -2.33. The lowest BCUT2D eigenvalue weighted by Crippen LogP contribution is -2.39. The molecule has 0 N–H and O–H groups in total. The Kier molecular flexibility index (Phi) is 5.89. The number of aryl methyl sites for hydroxylation is 1. The molecule has 9 nitrogen and oxygen atoms in total. The topological polar surface area (TPSA) is 110 Å². The first-order chi connectivity index (χ1) is 13.5. The van der Waals surface area contributed by atoms with Crippen LogP contribution in [0.3, 0.4) is 0 Å². The molecule has 1 aliphatic rings. The first kappa shape index (κ1) is 19.4. The van der Waals surface area contributed by atoms with Crippen molar-refractivity contribution in [1.82, 2.24) is 15.0 Å². The lowest BCUT2D eigenvalue weighted by molar-refractivity contribution is 0.0593. The number of carbonyl (C=O) groups excluding carboxylic acids is 1. The highest BCUT2D eigenvalue weighted by Gasteiger charge is 2.25. The predicted molar refractivity (Wildman–Crippen MR) is 99.5 cm³/mol. The van der Waals surface area contributed by atoms with Gasteiger partial charge in [0.1, 0.15) is 17.9 Å². The van der Waals surface area contributed by atoms with Gasteiger partial charge >= 0.3 is 5.97 Å². The van der Waals surface area contributed by atoms with Crippen LogP contribution >= 0.6 is 0 Å². The Balaban J connectivity index is 1.67. The number of anilines is 1. The second kappa shape index (κ2) is 8.52. The number of esters is 1. The third-order valence-electron chi connectivity index (χ3n) is 4.49. The molecule has 0 unspecified atom stereocenters. The number of nitriles is 1. The van der Waals surface area contributed by atoms with Gasteiger partial charge in [0.15, 0.2) is 17.2 Å². The average Bonchev–Trinajstić information content (AvgIpc) is 2.74. The van der Waals surface area contributed by atoms with Crippen LogP contribution in [-0.2, 0) is 4.74 Å². The number of ether oxygens (including phenoxy) is 3. The second-order valence-corrected chi connectivity index (χ2v) is 6.27. The maximum Gasteiger partial charge on any atom is 0.359 e. The van der Waals surface area contributed by atoms with Crippen molar-refractivity contribution in [1.29, 1.82) is 5.26 Å². The number of piperidine rings is 1. The van der Waals surface area contributed by atoms with E-state index >= 15 is 0 Å². The van der Waals surface area contributed by atoms with Gasteiger partial charge in [-0.25, -0.2) is 19.7 Å². The highest BCUT2D eigenvalue weighted by Crippen LogP contribution is 2.25. The molecule has 28 heavy (non-hydrogen) atoms. The van der Waals surface area contributed by atoms with Crippen molar-refractivity contribution < 1.29 is 19.0 Å². The van der Waals surface area contributed by atoms with Gasteiger partial charge in [0.05, 0.1) is 26.1 Å². The predicted octanol–water partition coefficient (Wildman–Crippen LogP) is 1.89. The van der Waals surface area contributed by atoms with E-state index in [4.69, 9.17) is 9.47 Å². The van der Waals surface area contributed by atoms with Crippen LogP contribution in [0.1, 0.15) is 34.7 Å². The van der Waals surface area contributed by atoms with E-state index in [1.807, 2.05) is 12.1 Å². The van der Waals surface area contributed by atoms with Crippen molar-refractivity contribution >= 4 is 11.8 Å². The molecular formula is C19H21N5O4. The summed E-state index contributed by atoms with van der Waals surface area (Å²) >= 11 is 0. The molecule has 0 aromatic carbocycles. The van der Waals surface area contributed by atoms with E-state index in [9.17, 15) is 10.1 Å². The van der Waals surface area contributed by atoms with Crippen molar-refractivity contribution in [2.75, 3.05) is 32.2 Å². The maximum absolute atomic E-state index is 11.8. The first-order valence-corrected chi connectivity index (χ1v) is 8.84. The minimum Gasteiger partial charge on any atom is -0.489 e. The Morgan fingerprint density at radius 3 is 2.57 bits per heavy atom. The van der Waals surface area contributed by atoms with E-state index in [-0.39, 0.29) is 17.5 Å². The summed E-state index contributed by atoms with van der Waals surface area (Å²) in [6, 6.07) is 5.52. The molecule has 0 spiro atoms. The molecule has 0 bridgehead atoms. The van der Waals surface area contributed by atoms with Crippen molar-refractivity contribution in [2.24, 2.45) is 0 Å². The van der Waals surface area contributed by atoms with E-state index in [2.05, 4.69) is 24.6 Å². The summed E-state index contributed by atoms with van der Waals surface area (Å²) in [5.41, 5.74) is 0.490. The van der Waals surface area contributed by atoms with Crippen molar-refractivity contribution in [3.63, 3.8) is 0 Å². The van der Waals surface area contributed by atoms with Crippen LogP contribution in [0.5, 0.6) is 11.6 Å². The molecule has 2 aromatic heterocycles. The highest BCUT2D eigenvalue weighted by molar-refractivity contribution is 5.89. The van der Waals surface area contributed by atoms with Gasteiger partial charge in [-0.05, 0) is 13.0 Å². The fourth-order valence-corrected chi connectivity index (χ4v) is 3.06. The van der Waals surface area contributed by atoms with Gasteiger partial charge in [0, 0.05) is 32.0 Å². The smallest absolute Gasteiger partial charge is 0.359 e. The van der Waals surface area contributed by atoms with Crippen LogP contribution in [0.25, 0.3) is 0 Å². The number of hydrogen-bond acceptors (Lipinski definition) is 9. The van der Waals surface area contributed by atoms with Crippen molar-refractivity contribution in [3.05, 3.63) is 35.4 Å². The number of methoxy groups -OCH3 is 2. The maximum atomic E-state index is 11.8. The molecule has 0 atom stereocenters. The first-order valence-electron chi connectivity index (χ1n) is 8.84. The van der Waals surface area contributed by atoms with Gasteiger partial charge in [-0.3, -0.25) is 0 Å². The largest absolute Gasteiger partial charge is 0.489 e. The van der Waals surface area contributed by atoms with Crippen LogP contribution < -0.4 is 14.4 Å². The average molecular weight is 383 g/mol. The molecule has 2 aromatic rings. The Morgan fingerprint density at radius 1 is 1.25 bits per heavy atom. The highest BCUT2D eigenvalue weighted by atomic mass is 16.5. The summed E-state index contributed by atoms with van der Waals surface area (Å²) in [7, 11) is 2.82. The molecule has 0 radical (unpaired) electrons. The van der Waals surface area contributed by atoms with Gasteiger partial charge in [-0.1, -0.05) is 0 Å². The van der Waals surface area contributed by atoms with Gasteiger partial charge in [-0.15, -0.1) is 0 Å². The quantitative estimate of drug-likeness (QED) is 0.715. The number of hydrogen-bond donors (Lipinski definition) is 0. The third-order valence-corrected chi connectivity index (χ3v) is 4.49. The zero-order valence-electron chi connectivity index (χ0n) is 16.0. The Bertz CT molecular complexity index is 886. The fourth-order valence-electron chi connectivity index (χ4n) is 3.06. The summed E-state index contributed by atoms with van der Waals surface area (Å²) in [4.78, 5) is 26.6. The number of aromatic nitrogens is 3. The van der Waals surface area contributed by atoms with Crippen molar-refractivity contribution in [3.8, 4) is 17.7 Å². The Morgan fingerprint density at radius 2 is 2.00 bits per heavy atom. The zero-order chi connectivity index (χ0) is 20.1. The zero-order valence-corrected chi connectivity index (χ0v) is 16.0. The summed E-state index contributed by atoms with van der Waals surface area (Å²) in [5.74, 6) is 1.18. The Hall–Kier alpha value is -3.41. The summed E-state index contributed by atoms with van der Waals surface area (Å²) < 4.78 is 15.7. The molecule has 146 valence electrons. The van der Waals surface area contributed by atoms with E-state index in [1.165, 1.54) is 7.11 Å². The normalized spacial score (nSPS) is 14.3. The van der Waals surface area contributed by atoms with Crippen LogP contribution in [0.15, 0.2) is 18.3 Å². The van der Waals surface area contributed by atoms with E-state index in [0.717, 1.165) is 12.8 Å². The summed E-state index contributed by atoms with van der Waals surface area (Å²) in [6.07, 6.45) is 3.28. The molecule has 1 fully saturated rings. The third kappa shape index (κ3) is 4.11. The fraction of sp³-hybridized carbons (Fsp3) is 0.421. The molecule has 0 amide bonds. The molecular weight excluding hydrogens is 362 g/mol. The number of rotatable bonds is 5. The molecule has 3 heterocycles. The monoisotopic (exact) mass is 383 g/mol. The number of carbonyl (C=O) groups is 1. The second-order valence-electron chi connectivity index (χ2n) is 6.27. The summed E-state index contributed by atoms with van der Waals surface area (Å²) in [6.45, 7) is 3.17. The SMILES string of the molecule is COC(=O)c1nc(C)c(N2CCC(Oc3ccc(OC)nc3)CC2)nc1C#N. The molecule has 3 rings (SSSR count). The molecule has 0 saturated carbocycles. The van der Waals surface area contributed by atoms with Crippen LogP contribution in [0.2, 0.25) is 0 Å². The van der Waals surface area contributed by atoms with E-state index in [0.29, 0.717) is 36.2 Å². The molecule has 1 saturated heterocycles. The van der Waals surface area contributed by atoms with Gasteiger partial charge in [0.25, 0.3) is 0 Å². The van der Waals surface area contributed by atoms with Crippen LogP contribution in [-0.4, -0.2) is 54.3 Å².